The van der Waals surface area contributed by atoms with E-state index in [4.69, 9.17) is 4.42 Å². The van der Waals surface area contributed by atoms with Gasteiger partial charge in [0, 0.05) is 5.56 Å². The Morgan fingerprint density at radius 1 is 1.41 bits per heavy atom. The lowest BCUT2D eigenvalue weighted by atomic mass is 10.1. The highest BCUT2D eigenvalue weighted by atomic mass is 32.1. The highest BCUT2D eigenvalue weighted by Gasteiger charge is 2.18. The van der Waals surface area contributed by atoms with Crippen LogP contribution in [0.1, 0.15) is 17.3 Å². The second-order valence-electron chi connectivity index (χ2n) is 3.17. The minimum Gasteiger partial charge on any atom is -0.460 e. The molecular formula is C11H8O5S. The second kappa shape index (κ2) is 4.50. The Kier molecular flexibility index (Phi) is 3.06. The van der Waals surface area contributed by atoms with Gasteiger partial charge in [0.05, 0.1) is 11.3 Å². The molecule has 88 valence electrons. The minimum atomic E-state index is -0.900. The van der Waals surface area contributed by atoms with Crippen molar-refractivity contribution in [2.45, 2.75) is 6.92 Å². The maximum absolute atomic E-state index is 11.6. The van der Waals surface area contributed by atoms with Crippen molar-refractivity contribution in [3.8, 4) is 0 Å². The van der Waals surface area contributed by atoms with E-state index in [0.29, 0.717) is 10.3 Å². The molecule has 0 spiro atoms. The summed E-state index contributed by atoms with van der Waals surface area (Å²) in [7, 11) is 0. The summed E-state index contributed by atoms with van der Waals surface area (Å²) in [4.78, 5) is 33.4. The van der Waals surface area contributed by atoms with Gasteiger partial charge in [0.1, 0.15) is 5.58 Å². The van der Waals surface area contributed by atoms with Gasteiger partial charge in [-0.2, -0.15) is 0 Å². The number of hydrogen-bond acceptors (Lipinski definition) is 6. The smallest absolute Gasteiger partial charge is 0.396 e. The lowest BCUT2D eigenvalue weighted by Gasteiger charge is -2.00. The average molecular weight is 252 g/mol. The van der Waals surface area contributed by atoms with Crippen molar-refractivity contribution in [2.75, 3.05) is 6.61 Å². The third kappa shape index (κ3) is 2.26. The SMILES string of the molecule is CCOC(=O)C(=O)c1ccc2oc(=O)sc2c1. The van der Waals surface area contributed by atoms with E-state index in [-0.39, 0.29) is 12.2 Å². The minimum absolute atomic E-state index is 0.145. The van der Waals surface area contributed by atoms with E-state index >= 15 is 0 Å². The van der Waals surface area contributed by atoms with Crippen molar-refractivity contribution in [2.24, 2.45) is 0 Å². The molecule has 0 fully saturated rings. The molecule has 5 nitrogen and oxygen atoms in total. The van der Waals surface area contributed by atoms with Crippen LogP contribution in [-0.2, 0) is 9.53 Å². The molecule has 0 N–H and O–H groups in total. The van der Waals surface area contributed by atoms with E-state index < -0.39 is 16.7 Å². The molecule has 2 aromatic rings. The Morgan fingerprint density at radius 3 is 2.88 bits per heavy atom. The first-order valence-corrected chi connectivity index (χ1v) is 5.68. The van der Waals surface area contributed by atoms with Gasteiger partial charge in [0.25, 0.3) is 5.78 Å². The standard InChI is InChI=1S/C11H8O5S/c1-2-15-10(13)9(12)6-3-4-7-8(5-6)17-11(14)16-7/h3-5H,2H2,1H3. The number of hydrogen-bond donors (Lipinski definition) is 0. The van der Waals surface area contributed by atoms with Crippen LogP contribution in [0.3, 0.4) is 0 Å². The van der Waals surface area contributed by atoms with E-state index in [1.165, 1.54) is 18.2 Å². The molecule has 0 atom stereocenters. The Morgan fingerprint density at radius 2 is 2.18 bits per heavy atom. The summed E-state index contributed by atoms with van der Waals surface area (Å²) >= 11 is 0.882. The van der Waals surface area contributed by atoms with Crippen LogP contribution in [0.25, 0.3) is 10.3 Å². The summed E-state index contributed by atoms with van der Waals surface area (Å²) in [6, 6.07) is 4.36. The Labute approximate surface area is 99.6 Å². The molecule has 0 aliphatic carbocycles. The summed E-state index contributed by atoms with van der Waals surface area (Å²) in [6.07, 6.45) is 0. The molecule has 0 saturated carbocycles. The van der Waals surface area contributed by atoms with Crippen molar-refractivity contribution in [1.29, 1.82) is 0 Å². The summed E-state index contributed by atoms with van der Waals surface area (Å²) in [5.74, 6) is -1.63. The molecule has 1 heterocycles. The zero-order chi connectivity index (χ0) is 12.4. The van der Waals surface area contributed by atoms with Crippen LogP contribution in [0.5, 0.6) is 0 Å². The predicted octanol–water partition coefficient (Wildman–Crippen LogP) is 1.60. The third-order valence-electron chi connectivity index (χ3n) is 2.05. The Hall–Kier alpha value is -1.95. The van der Waals surface area contributed by atoms with Crippen LogP contribution >= 0.6 is 11.3 Å². The molecule has 1 aromatic carbocycles. The molecule has 2 rings (SSSR count). The average Bonchev–Trinajstić information content (AvgIpc) is 2.67. The van der Waals surface area contributed by atoms with Crippen LogP contribution in [0.15, 0.2) is 27.4 Å². The maximum atomic E-state index is 11.6. The molecule has 0 unspecified atom stereocenters. The van der Waals surface area contributed by atoms with Gasteiger partial charge in [-0.25, -0.2) is 9.59 Å². The number of fused-ring (bicyclic) bond motifs is 1. The van der Waals surface area contributed by atoms with E-state index in [9.17, 15) is 14.4 Å². The van der Waals surface area contributed by atoms with Crippen molar-refractivity contribution < 1.29 is 18.7 Å². The number of rotatable bonds is 3. The molecule has 0 aliphatic heterocycles. The van der Waals surface area contributed by atoms with E-state index in [2.05, 4.69) is 4.74 Å². The number of benzene rings is 1. The summed E-state index contributed by atoms with van der Waals surface area (Å²) in [5, 5.41) is 0. The Balaban J connectivity index is 2.39. The largest absolute Gasteiger partial charge is 0.460 e. The van der Waals surface area contributed by atoms with E-state index in [1.54, 1.807) is 6.92 Å². The summed E-state index contributed by atoms with van der Waals surface area (Å²) in [5.41, 5.74) is 0.591. The number of Topliss-reactive ketones (excluding diaryl/α,β-unsaturated/α-hetero) is 1. The lowest BCUT2D eigenvalue weighted by Crippen LogP contribution is -2.17. The predicted molar refractivity (Wildman–Crippen MR) is 61.3 cm³/mol. The first-order chi connectivity index (χ1) is 8.11. The molecule has 6 heteroatoms. The van der Waals surface area contributed by atoms with Crippen molar-refractivity contribution in [3.05, 3.63) is 33.5 Å². The van der Waals surface area contributed by atoms with Crippen LogP contribution in [0, 0.1) is 0 Å². The third-order valence-corrected chi connectivity index (χ3v) is 2.84. The lowest BCUT2D eigenvalue weighted by molar-refractivity contribution is -0.137. The molecule has 17 heavy (non-hydrogen) atoms. The van der Waals surface area contributed by atoms with E-state index in [1.807, 2.05) is 0 Å². The van der Waals surface area contributed by atoms with Gasteiger partial charge >= 0.3 is 10.9 Å². The van der Waals surface area contributed by atoms with Gasteiger partial charge in [-0.05, 0) is 25.1 Å². The molecule has 0 aliphatic rings. The highest BCUT2D eigenvalue weighted by Crippen LogP contribution is 2.19. The van der Waals surface area contributed by atoms with Gasteiger partial charge in [-0.1, -0.05) is 11.3 Å². The first kappa shape index (κ1) is 11.5. The highest BCUT2D eigenvalue weighted by molar-refractivity contribution is 7.16. The maximum Gasteiger partial charge on any atom is 0.396 e. The number of carbonyl (C=O) groups is 2. The fourth-order valence-electron chi connectivity index (χ4n) is 1.33. The van der Waals surface area contributed by atoms with Gasteiger partial charge in [-0.15, -0.1) is 0 Å². The number of ketones is 1. The number of ether oxygens (including phenoxy) is 1. The van der Waals surface area contributed by atoms with Crippen LogP contribution in [0.2, 0.25) is 0 Å². The van der Waals surface area contributed by atoms with Crippen molar-refractivity contribution in [3.63, 3.8) is 0 Å². The molecule has 0 radical (unpaired) electrons. The summed E-state index contributed by atoms with van der Waals surface area (Å²) < 4.78 is 9.98. The fourth-order valence-corrected chi connectivity index (χ4v) is 2.04. The van der Waals surface area contributed by atoms with Gasteiger partial charge < -0.3 is 9.15 Å². The topological polar surface area (TPSA) is 73.6 Å². The van der Waals surface area contributed by atoms with Crippen molar-refractivity contribution >= 4 is 33.4 Å². The molecular weight excluding hydrogens is 244 g/mol. The van der Waals surface area contributed by atoms with Gasteiger partial charge in [-0.3, -0.25) is 4.79 Å². The summed E-state index contributed by atoms with van der Waals surface area (Å²) in [6.45, 7) is 1.77. The zero-order valence-corrected chi connectivity index (χ0v) is 9.71. The molecule has 1 aromatic heterocycles. The second-order valence-corrected chi connectivity index (χ2v) is 4.14. The fraction of sp³-hybridized carbons (Fsp3) is 0.182. The quantitative estimate of drug-likeness (QED) is 0.471. The van der Waals surface area contributed by atoms with E-state index in [0.717, 1.165) is 11.3 Å². The number of carbonyl (C=O) groups excluding carboxylic acids is 2. The Bertz CT molecular complexity index is 637. The van der Waals surface area contributed by atoms with Crippen LogP contribution in [0.4, 0.5) is 0 Å². The van der Waals surface area contributed by atoms with Crippen molar-refractivity contribution in [1.82, 2.24) is 0 Å². The monoisotopic (exact) mass is 252 g/mol. The zero-order valence-electron chi connectivity index (χ0n) is 8.89. The molecule has 0 saturated heterocycles. The molecule has 0 bridgehead atoms. The van der Waals surface area contributed by atoms with Gasteiger partial charge in [0.2, 0.25) is 0 Å². The normalized spacial score (nSPS) is 10.4. The van der Waals surface area contributed by atoms with Crippen LogP contribution in [-0.4, -0.2) is 18.4 Å². The van der Waals surface area contributed by atoms with Crippen LogP contribution < -0.4 is 4.94 Å². The first-order valence-electron chi connectivity index (χ1n) is 4.87. The van der Waals surface area contributed by atoms with Gasteiger partial charge in [0.15, 0.2) is 0 Å². The number of esters is 1. The molecule has 0 amide bonds.